The minimum absolute atomic E-state index is 0.0669. The largest absolute Gasteiger partial charge is 0.353 e. The van der Waals surface area contributed by atoms with E-state index in [9.17, 15) is 9.59 Å². The Morgan fingerprint density at radius 2 is 1.70 bits per heavy atom. The molecule has 0 radical (unpaired) electrons. The van der Waals surface area contributed by atoms with Crippen LogP contribution in [-0.4, -0.2) is 45.8 Å². The number of aryl methyl sites for hydroxylation is 3. The Labute approximate surface area is 197 Å². The third kappa shape index (κ3) is 6.18. The highest BCUT2D eigenvalue weighted by Crippen LogP contribution is 2.27. The highest BCUT2D eigenvalue weighted by molar-refractivity contribution is 5.79. The molecule has 1 N–H and O–H groups in total. The summed E-state index contributed by atoms with van der Waals surface area (Å²) >= 11 is 0. The van der Waals surface area contributed by atoms with Crippen LogP contribution in [0.4, 0.5) is 0 Å². The lowest BCUT2D eigenvalue weighted by atomic mass is 9.95. The fourth-order valence-corrected chi connectivity index (χ4v) is 5.18. The predicted molar refractivity (Wildman–Crippen MR) is 129 cm³/mol. The molecule has 6 heteroatoms. The van der Waals surface area contributed by atoms with E-state index in [0.717, 1.165) is 61.4 Å². The second-order valence-corrected chi connectivity index (χ2v) is 9.62. The molecule has 176 valence electrons. The quantitative estimate of drug-likeness (QED) is 0.694. The van der Waals surface area contributed by atoms with Gasteiger partial charge in [0.05, 0.1) is 6.42 Å². The highest BCUT2D eigenvalue weighted by Gasteiger charge is 2.27. The topological polar surface area (TPSA) is 75.2 Å². The molecule has 0 bridgehead atoms. The molecule has 2 aromatic rings. The molecule has 1 aliphatic carbocycles. The van der Waals surface area contributed by atoms with Gasteiger partial charge < -0.3 is 10.2 Å². The van der Waals surface area contributed by atoms with E-state index in [2.05, 4.69) is 17.4 Å². The average Bonchev–Trinajstić information content (AvgIpc) is 3.33. The van der Waals surface area contributed by atoms with Gasteiger partial charge in [-0.3, -0.25) is 9.59 Å². The second-order valence-electron chi connectivity index (χ2n) is 9.62. The van der Waals surface area contributed by atoms with Crippen LogP contribution in [0.15, 0.2) is 30.3 Å². The van der Waals surface area contributed by atoms with Crippen LogP contribution in [0.2, 0.25) is 0 Å². The van der Waals surface area contributed by atoms with Crippen molar-refractivity contribution in [3.05, 3.63) is 58.7 Å². The van der Waals surface area contributed by atoms with E-state index >= 15 is 0 Å². The zero-order valence-corrected chi connectivity index (χ0v) is 20.0. The van der Waals surface area contributed by atoms with Gasteiger partial charge in [0, 0.05) is 48.4 Å². The summed E-state index contributed by atoms with van der Waals surface area (Å²) in [5, 5.41) is 3.16. The van der Waals surface area contributed by atoms with Crippen molar-refractivity contribution >= 4 is 11.8 Å². The molecule has 1 aromatic heterocycles. The maximum Gasteiger partial charge on any atom is 0.224 e. The first-order valence-electron chi connectivity index (χ1n) is 12.4. The minimum atomic E-state index is 0.0669. The predicted octanol–water partition coefficient (Wildman–Crippen LogP) is 4.03. The second kappa shape index (κ2) is 10.9. The first-order chi connectivity index (χ1) is 16.0. The van der Waals surface area contributed by atoms with Crippen LogP contribution in [0.3, 0.4) is 0 Å². The van der Waals surface area contributed by atoms with Crippen molar-refractivity contribution in [1.29, 1.82) is 0 Å². The van der Waals surface area contributed by atoms with Gasteiger partial charge >= 0.3 is 0 Å². The summed E-state index contributed by atoms with van der Waals surface area (Å²) < 4.78 is 0. The first-order valence-corrected chi connectivity index (χ1v) is 12.4. The standard InChI is InChI=1S/C27H36N4O2/c1-19-24(17-25(32)30-23-12-6-7-13-23)20(2)29-27(28-19)22-11-8-16-31(18-22)26(33)15-14-21-9-4-3-5-10-21/h3-5,9-10,22-23H,6-8,11-18H2,1-2H3,(H,30,32). The van der Waals surface area contributed by atoms with Crippen molar-refractivity contribution < 1.29 is 9.59 Å². The number of aromatic nitrogens is 2. The molecule has 2 amide bonds. The van der Waals surface area contributed by atoms with E-state index < -0.39 is 0 Å². The van der Waals surface area contributed by atoms with Crippen LogP contribution in [0.25, 0.3) is 0 Å². The fraction of sp³-hybridized carbons (Fsp3) is 0.556. The van der Waals surface area contributed by atoms with Gasteiger partial charge in [-0.1, -0.05) is 43.2 Å². The van der Waals surface area contributed by atoms with Crippen LogP contribution in [0.1, 0.15) is 79.2 Å². The molecule has 1 atom stereocenters. The van der Waals surface area contributed by atoms with Crippen LogP contribution in [0, 0.1) is 13.8 Å². The van der Waals surface area contributed by atoms with Gasteiger partial charge in [0.15, 0.2) is 0 Å². The smallest absolute Gasteiger partial charge is 0.224 e. The Balaban J connectivity index is 1.36. The van der Waals surface area contributed by atoms with Crippen LogP contribution in [0.5, 0.6) is 0 Å². The molecule has 6 nitrogen and oxygen atoms in total. The summed E-state index contributed by atoms with van der Waals surface area (Å²) in [5.74, 6) is 1.23. The molecular formula is C27H36N4O2. The van der Waals surface area contributed by atoms with Crippen molar-refractivity contribution in [2.24, 2.45) is 0 Å². The van der Waals surface area contributed by atoms with Gasteiger partial charge in [0.25, 0.3) is 0 Å². The minimum Gasteiger partial charge on any atom is -0.353 e. The van der Waals surface area contributed by atoms with Gasteiger partial charge in [-0.15, -0.1) is 0 Å². The van der Waals surface area contributed by atoms with Crippen LogP contribution < -0.4 is 5.32 Å². The van der Waals surface area contributed by atoms with Gasteiger partial charge in [-0.25, -0.2) is 9.97 Å². The third-order valence-electron chi connectivity index (χ3n) is 7.11. The number of hydrogen-bond donors (Lipinski definition) is 1. The maximum atomic E-state index is 12.8. The SMILES string of the molecule is Cc1nc(C2CCCN(C(=O)CCc3ccccc3)C2)nc(C)c1CC(=O)NC1CCCC1. The van der Waals surface area contributed by atoms with Crippen molar-refractivity contribution in [2.75, 3.05) is 13.1 Å². The fourth-order valence-electron chi connectivity index (χ4n) is 5.18. The van der Waals surface area contributed by atoms with Gasteiger partial charge in [0.1, 0.15) is 5.82 Å². The van der Waals surface area contributed by atoms with Crippen molar-refractivity contribution in [1.82, 2.24) is 20.2 Å². The molecule has 4 rings (SSSR count). The molecule has 1 aliphatic heterocycles. The number of benzene rings is 1. The zero-order valence-electron chi connectivity index (χ0n) is 20.0. The van der Waals surface area contributed by atoms with Crippen LogP contribution >= 0.6 is 0 Å². The lowest BCUT2D eigenvalue weighted by Gasteiger charge is -2.32. The van der Waals surface area contributed by atoms with Gasteiger partial charge in [-0.05, 0) is 51.5 Å². The zero-order chi connectivity index (χ0) is 23.2. The van der Waals surface area contributed by atoms with E-state index in [-0.39, 0.29) is 17.7 Å². The Morgan fingerprint density at radius 3 is 2.39 bits per heavy atom. The maximum absolute atomic E-state index is 12.8. The van der Waals surface area contributed by atoms with Gasteiger partial charge in [0.2, 0.25) is 11.8 Å². The van der Waals surface area contributed by atoms with E-state index in [0.29, 0.717) is 25.4 Å². The Hall–Kier alpha value is -2.76. The van der Waals surface area contributed by atoms with Gasteiger partial charge in [-0.2, -0.15) is 0 Å². The molecule has 2 fully saturated rings. The highest BCUT2D eigenvalue weighted by atomic mass is 16.2. The Morgan fingerprint density at radius 1 is 1.00 bits per heavy atom. The number of nitrogens with zero attached hydrogens (tertiary/aromatic N) is 3. The summed E-state index contributed by atoms with van der Waals surface area (Å²) in [6.07, 6.45) is 8.17. The molecule has 0 spiro atoms. The summed E-state index contributed by atoms with van der Waals surface area (Å²) in [7, 11) is 0. The molecule has 1 saturated heterocycles. The molecule has 1 unspecified atom stereocenters. The number of likely N-dealkylation sites (tertiary alicyclic amines) is 1. The monoisotopic (exact) mass is 448 g/mol. The third-order valence-corrected chi connectivity index (χ3v) is 7.11. The van der Waals surface area contributed by atoms with Crippen molar-refractivity contribution in [2.45, 2.75) is 83.6 Å². The number of rotatable bonds is 7. The number of amides is 2. The van der Waals surface area contributed by atoms with Crippen molar-refractivity contribution in [3.63, 3.8) is 0 Å². The number of piperidine rings is 1. The number of carbonyl (C=O) groups is 2. The lowest BCUT2D eigenvalue weighted by molar-refractivity contribution is -0.132. The molecule has 33 heavy (non-hydrogen) atoms. The normalized spacial score (nSPS) is 19.0. The Bertz CT molecular complexity index is 946. The summed E-state index contributed by atoms with van der Waals surface area (Å²) in [6.45, 7) is 5.43. The summed E-state index contributed by atoms with van der Waals surface area (Å²) in [6, 6.07) is 10.5. The Kier molecular flexibility index (Phi) is 7.73. The van der Waals surface area contributed by atoms with Crippen LogP contribution in [-0.2, 0) is 22.4 Å². The molecule has 2 heterocycles. The van der Waals surface area contributed by atoms with E-state index in [1.54, 1.807) is 0 Å². The molecule has 2 aliphatic rings. The van der Waals surface area contributed by atoms with E-state index in [4.69, 9.17) is 9.97 Å². The summed E-state index contributed by atoms with van der Waals surface area (Å²) in [5.41, 5.74) is 3.89. The lowest BCUT2D eigenvalue weighted by Crippen LogP contribution is -2.39. The summed E-state index contributed by atoms with van der Waals surface area (Å²) in [4.78, 5) is 37.0. The molecular weight excluding hydrogens is 412 g/mol. The average molecular weight is 449 g/mol. The number of carbonyl (C=O) groups excluding carboxylic acids is 2. The van der Waals surface area contributed by atoms with Crippen molar-refractivity contribution in [3.8, 4) is 0 Å². The number of hydrogen-bond acceptors (Lipinski definition) is 4. The number of nitrogens with one attached hydrogen (secondary N) is 1. The van der Waals surface area contributed by atoms with E-state index in [1.807, 2.05) is 36.9 Å². The van der Waals surface area contributed by atoms with E-state index in [1.165, 1.54) is 18.4 Å². The first kappa shape index (κ1) is 23.4. The molecule has 1 saturated carbocycles. The molecule has 1 aromatic carbocycles.